The topological polar surface area (TPSA) is 26.0 Å². The molecule has 1 aliphatic carbocycles. The molecule has 126 valence electrons. The van der Waals surface area contributed by atoms with Crippen molar-refractivity contribution in [2.75, 3.05) is 7.11 Å². The van der Waals surface area contributed by atoms with Gasteiger partial charge in [0.15, 0.2) is 6.20 Å². The highest BCUT2D eigenvalue weighted by atomic mass is 16.5. The van der Waals surface area contributed by atoms with Gasteiger partial charge in [0, 0.05) is 5.41 Å². The molecule has 0 fully saturated rings. The van der Waals surface area contributed by atoms with Crippen LogP contribution in [0.15, 0.2) is 48.8 Å². The molecule has 0 saturated carbocycles. The third-order valence-corrected chi connectivity index (χ3v) is 5.41. The van der Waals surface area contributed by atoms with Gasteiger partial charge in [-0.15, -0.1) is 0 Å². The fourth-order valence-electron chi connectivity index (χ4n) is 4.05. The van der Waals surface area contributed by atoms with Crippen LogP contribution in [0.2, 0.25) is 0 Å². The van der Waals surface area contributed by atoms with Gasteiger partial charge in [-0.05, 0) is 40.8 Å². The van der Waals surface area contributed by atoms with E-state index in [2.05, 4.69) is 66.7 Å². The summed E-state index contributed by atoms with van der Waals surface area (Å²) in [6.45, 7) is 6.77. The van der Waals surface area contributed by atoms with E-state index in [0.29, 0.717) is 5.88 Å². The molecule has 0 N–H and O–H groups in total. The molecule has 0 amide bonds. The van der Waals surface area contributed by atoms with Crippen molar-refractivity contribution in [3.8, 4) is 28.3 Å². The maximum Gasteiger partial charge on any atom is 0.288 e. The molecule has 1 aromatic heterocycles. The Morgan fingerprint density at radius 3 is 2.52 bits per heavy atom. The highest BCUT2D eigenvalue weighted by Gasteiger charge is 2.36. The Kier molecular flexibility index (Phi) is 3.43. The monoisotopic (exact) mass is 331 g/mol. The summed E-state index contributed by atoms with van der Waals surface area (Å²) in [5.41, 5.74) is 8.84. The van der Waals surface area contributed by atoms with E-state index < -0.39 is 0 Å². The predicted molar refractivity (Wildman–Crippen MR) is 99.7 cm³/mol. The molecule has 1 aliphatic rings. The number of benzene rings is 2. The number of nitrogens with zero attached hydrogens (tertiary/aromatic N) is 2. The normalized spacial score (nSPS) is 14.1. The quantitative estimate of drug-likeness (QED) is 0.658. The van der Waals surface area contributed by atoms with Crippen LogP contribution in [-0.4, -0.2) is 12.1 Å². The van der Waals surface area contributed by atoms with Gasteiger partial charge < -0.3 is 4.74 Å². The van der Waals surface area contributed by atoms with Crippen molar-refractivity contribution in [2.45, 2.75) is 26.2 Å². The van der Waals surface area contributed by atoms with E-state index in [4.69, 9.17) is 4.74 Å². The van der Waals surface area contributed by atoms with E-state index in [9.17, 15) is 0 Å². The molecule has 25 heavy (non-hydrogen) atoms. The number of hydrogen-bond donors (Lipinski definition) is 0. The molecule has 3 heteroatoms. The molecule has 0 aliphatic heterocycles. The average Bonchev–Trinajstić information content (AvgIpc) is 2.82. The van der Waals surface area contributed by atoms with Crippen LogP contribution in [0.1, 0.15) is 30.5 Å². The van der Waals surface area contributed by atoms with Gasteiger partial charge in [-0.3, -0.25) is 0 Å². The minimum Gasteiger partial charge on any atom is -0.476 e. The second-order valence-electron chi connectivity index (χ2n) is 7.28. The van der Waals surface area contributed by atoms with Crippen molar-refractivity contribution in [2.24, 2.45) is 7.05 Å². The van der Waals surface area contributed by atoms with Crippen LogP contribution in [0.3, 0.4) is 0 Å². The van der Waals surface area contributed by atoms with Crippen molar-refractivity contribution in [1.29, 1.82) is 0 Å². The van der Waals surface area contributed by atoms with Gasteiger partial charge in [0.25, 0.3) is 11.6 Å². The minimum atomic E-state index is -0.0115. The van der Waals surface area contributed by atoms with E-state index in [0.717, 1.165) is 5.69 Å². The summed E-state index contributed by atoms with van der Waals surface area (Å²) in [4.78, 5) is 4.40. The lowest BCUT2D eigenvalue weighted by atomic mass is 9.81. The summed E-state index contributed by atoms with van der Waals surface area (Å²) in [5, 5.41) is 0. The first-order valence-corrected chi connectivity index (χ1v) is 8.59. The van der Waals surface area contributed by atoms with Crippen LogP contribution in [-0.2, 0) is 12.5 Å². The first kappa shape index (κ1) is 15.8. The van der Waals surface area contributed by atoms with Crippen molar-refractivity contribution < 1.29 is 9.30 Å². The van der Waals surface area contributed by atoms with Gasteiger partial charge in [0.05, 0.1) is 18.9 Å². The molecule has 0 unspecified atom stereocenters. The standard InChI is InChI=1S/C22H23N2O/c1-14-12-17-15-8-6-7-9-18(15)22(2,3)19(17)13-16(14)20-21(25-5)23-10-11-24(20)4/h6-13H,1-5H3/q+1. The zero-order valence-electron chi connectivity index (χ0n) is 15.4. The molecule has 0 spiro atoms. The van der Waals surface area contributed by atoms with Crippen LogP contribution >= 0.6 is 0 Å². The summed E-state index contributed by atoms with van der Waals surface area (Å²) >= 11 is 0. The van der Waals surface area contributed by atoms with Crippen molar-refractivity contribution >= 4 is 0 Å². The lowest BCUT2D eigenvalue weighted by Crippen LogP contribution is -2.31. The summed E-state index contributed by atoms with van der Waals surface area (Å²) in [6, 6.07) is 13.4. The van der Waals surface area contributed by atoms with Crippen LogP contribution in [0, 0.1) is 6.92 Å². The molecule has 1 heterocycles. The molecular formula is C22H23N2O+. The fraction of sp³-hybridized carbons (Fsp3) is 0.273. The summed E-state index contributed by atoms with van der Waals surface area (Å²) < 4.78 is 7.62. The number of fused-ring (bicyclic) bond motifs is 3. The van der Waals surface area contributed by atoms with Crippen LogP contribution in [0.25, 0.3) is 22.4 Å². The first-order chi connectivity index (χ1) is 11.9. The van der Waals surface area contributed by atoms with Crippen molar-refractivity contribution in [3.63, 3.8) is 0 Å². The summed E-state index contributed by atoms with van der Waals surface area (Å²) in [7, 11) is 3.71. The van der Waals surface area contributed by atoms with Gasteiger partial charge in [-0.2, -0.15) is 4.57 Å². The Morgan fingerprint density at radius 2 is 1.76 bits per heavy atom. The minimum absolute atomic E-state index is 0.0115. The Bertz CT molecular complexity index is 989. The molecule has 4 rings (SSSR count). The molecule has 0 radical (unpaired) electrons. The first-order valence-electron chi connectivity index (χ1n) is 8.59. The number of aromatic nitrogens is 2. The Balaban J connectivity index is 2.02. The van der Waals surface area contributed by atoms with Crippen LogP contribution < -0.4 is 9.30 Å². The van der Waals surface area contributed by atoms with Crippen LogP contribution in [0.4, 0.5) is 0 Å². The Morgan fingerprint density at radius 1 is 1.00 bits per heavy atom. The van der Waals surface area contributed by atoms with E-state index in [-0.39, 0.29) is 5.41 Å². The van der Waals surface area contributed by atoms with Gasteiger partial charge >= 0.3 is 0 Å². The lowest BCUT2D eigenvalue weighted by molar-refractivity contribution is -0.661. The maximum atomic E-state index is 5.54. The van der Waals surface area contributed by atoms with Crippen molar-refractivity contribution in [3.05, 3.63) is 65.5 Å². The number of aryl methyl sites for hydroxylation is 2. The fourth-order valence-corrected chi connectivity index (χ4v) is 4.05. The second-order valence-corrected chi connectivity index (χ2v) is 7.28. The molecule has 3 nitrogen and oxygen atoms in total. The number of ether oxygens (including phenoxy) is 1. The van der Waals surface area contributed by atoms with Gasteiger partial charge in [0.2, 0.25) is 0 Å². The lowest BCUT2D eigenvalue weighted by Gasteiger charge is -2.22. The highest BCUT2D eigenvalue weighted by molar-refractivity contribution is 5.84. The predicted octanol–water partition coefficient (Wildman–Crippen LogP) is 4.20. The zero-order chi connectivity index (χ0) is 17.8. The van der Waals surface area contributed by atoms with E-state index in [1.54, 1.807) is 13.3 Å². The second kappa shape index (κ2) is 5.41. The van der Waals surface area contributed by atoms with Crippen molar-refractivity contribution in [1.82, 2.24) is 4.98 Å². The largest absolute Gasteiger partial charge is 0.476 e. The molecule has 0 atom stereocenters. The molecule has 3 aromatic rings. The molecule has 0 saturated heterocycles. The molecular weight excluding hydrogens is 308 g/mol. The molecule has 2 aromatic carbocycles. The van der Waals surface area contributed by atoms with E-state index in [1.807, 2.05) is 13.2 Å². The van der Waals surface area contributed by atoms with Gasteiger partial charge in [0.1, 0.15) is 7.05 Å². The molecule has 0 bridgehead atoms. The number of methoxy groups -OCH3 is 1. The SMILES string of the molecule is COc1ncc[n+](C)c1-c1cc2c(cc1C)-c1ccccc1C2(C)C. The van der Waals surface area contributed by atoms with Gasteiger partial charge in [-0.1, -0.05) is 44.2 Å². The summed E-state index contributed by atoms with van der Waals surface area (Å²) in [5.74, 6) is 0.654. The number of rotatable bonds is 2. The average molecular weight is 331 g/mol. The highest BCUT2D eigenvalue weighted by Crippen LogP contribution is 2.50. The third kappa shape index (κ3) is 2.19. The number of hydrogen-bond acceptors (Lipinski definition) is 2. The maximum absolute atomic E-state index is 5.54. The third-order valence-electron chi connectivity index (χ3n) is 5.41. The van der Waals surface area contributed by atoms with Gasteiger partial charge in [-0.25, -0.2) is 4.98 Å². The van der Waals surface area contributed by atoms with Crippen LogP contribution in [0.5, 0.6) is 5.88 Å². The van der Waals surface area contributed by atoms with E-state index in [1.165, 1.54) is 33.4 Å². The zero-order valence-corrected chi connectivity index (χ0v) is 15.4. The van der Waals surface area contributed by atoms with E-state index >= 15 is 0 Å². The Labute approximate surface area is 148 Å². The Hall–Kier alpha value is -2.68. The summed E-state index contributed by atoms with van der Waals surface area (Å²) in [6.07, 6.45) is 3.73. The smallest absolute Gasteiger partial charge is 0.288 e.